The fourth-order valence-electron chi connectivity index (χ4n) is 2.27. The molecule has 0 saturated carbocycles. The van der Waals surface area contributed by atoms with Crippen LogP contribution < -0.4 is 27.9 Å². The van der Waals surface area contributed by atoms with Gasteiger partial charge in [-0.2, -0.15) is 10.6 Å². The lowest BCUT2D eigenvalue weighted by atomic mass is 10.1. The van der Waals surface area contributed by atoms with Gasteiger partial charge in [0.15, 0.2) is 0 Å². The number of nitrogens with zero attached hydrogens (tertiary/aromatic N) is 1. The van der Waals surface area contributed by atoms with Crippen LogP contribution in [0.4, 0.5) is 5.69 Å². The molecule has 0 aliphatic rings. The number of hydrazine groups is 2. The van der Waals surface area contributed by atoms with Crippen molar-refractivity contribution in [3.05, 3.63) is 59.8 Å². The van der Waals surface area contributed by atoms with E-state index in [-0.39, 0.29) is 5.91 Å². The first-order valence-corrected chi connectivity index (χ1v) is 6.98. The minimum Gasteiger partial charge on any atom is -0.322 e. The smallest absolute Gasteiger partial charge is 0.255 e. The number of aromatic nitrogens is 2. The Bertz CT molecular complexity index is 829. The standard InChI is InChI=1S/C15H17N7O/c16-14(21-22-17)9-2-1-3-12(7-9)19-15(23)10-4-5-13-11(6-10)8-18-20-13/h1-8,14,21-22H,16-17H2,(H,18,20)(H,19,23). The van der Waals surface area contributed by atoms with Gasteiger partial charge >= 0.3 is 0 Å². The van der Waals surface area contributed by atoms with Gasteiger partial charge in [0.05, 0.1) is 17.9 Å². The van der Waals surface area contributed by atoms with E-state index in [2.05, 4.69) is 26.5 Å². The SMILES string of the molecule is NNNC(N)c1cccc(NC(=O)c2ccc3[nH]ncc3c2)c1. The van der Waals surface area contributed by atoms with Crippen LogP contribution in [-0.4, -0.2) is 16.1 Å². The largest absolute Gasteiger partial charge is 0.322 e. The number of rotatable bonds is 5. The second-order valence-corrected chi connectivity index (χ2v) is 5.02. The Morgan fingerprint density at radius 2 is 2.09 bits per heavy atom. The van der Waals surface area contributed by atoms with Crippen molar-refractivity contribution < 1.29 is 4.79 Å². The highest BCUT2D eigenvalue weighted by atomic mass is 16.1. The van der Waals surface area contributed by atoms with E-state index in [1.807, 2.05) is 18.2 Å². The first kappa shape index (κ1) is 15.1. The quantitative estimate of drug-likeness (QED) is 0.234. The zero-order valence-corrected chi connectivity index (χ0v) is 12.2. The van der Waals surface area contributed by atoms with Gasteiger partial charge in [0.2, 0.25) is 0 Å². The van der Waals surface area contributed by atoms with Crippen LogP contribution >= 0.6 is 0 Å². The molecule has 3 aromatic rings. The van der Waals surface area contributed by atoms with E-state index in [9.17, 15) is 4.79 Å². The van der Waals surface area contributed by atoms with Gasteiger partial charge in [0, 0.05) is 16.6 Å². The number of carbonyl (C=O) groups excluding carboxylic acids is 1. The van der Waals surface area contributed by atoms with Gasteiger partial charge in [-0.3, -0.25) is 15.7 Å². The molecule has 0 fully saturated rings. The molecular weight excluding hydrogens is 294 g/mol. The van der Waals surface area contributed by atoms with Crippen LogP contribution in [0.15, 0.2) is 48.7 Å². The number of nitrogens with one attached hydrogen (secondary N) is 4. The monoisotopic (exact) mass is 311 g/mol. The van der Waals surface area contributed by atoms with Crippen molar-refractivity contribution in [1.82, 2.24) is 21.2 Å². The van der Waals surface area contributed by atoms with Crippen molar-refractivity contribution >= 4 is 22.5 Å². The predicted octanol–water partition coefficient (Wildman–Crippen LogP) is 0.740. The highest BCUT2D eigenvalue weighted by Crippen LogP contribution is 2.17. The van der Waals surface area contributed by atoms with Crippen molar-refractivity contribution in [3.8, 4) is 0 Å². The van der Waals surface area contributed by atoms with E-state index in [0.717, 1.165) is 16.5 Å². The normalized spacial score (nSPS) is 12.3. The number of carbonyl (C=O) groups is 1. The number of benzene rings is 2. The van der Waals surface area contributed by atoms with Gasteiger partial charge < -0.3 is 11.1 Å². The van der Waals surface area contributed by atoms with Crippen LogP contribution in [0, 0.1) is 0 Å². The Labute approximate surface area is 132 Å². The third-order valence-electron chi connectivity index (χ3n) is 3.44. The molecule has 23 heavy (non-hydrogen) atoms. The highest BCUT2D eigenvalue weighted by Gasteiger charge is 2.10. The van der Waals surface area contributed by atoms with Gasteiger partial charge in [-0.05, 0) is 35.9 Å². The van der Waals surface area contributed by atoms with Crippen LogP contribution in [0.2, 0.25) is 0 Å². The zero-order chi connectivity index (χ0) is 16.2. The second kappa shape index (κ2) is 6.55. The lowest BCUT2D eigenvalue weighted by Crippen LogP contribution is -2.43. The fraction of sp³-hybridized carbons (Fsp3) is 0.0667. The summed E-state index contributed by atoms with van der Waals surface area (Å²) in [6, 6.07) is 12.6. The minimum absolute atomic E-state index is 0.205. The van der Waals surface area contributed by atoms with Gasteiger partial charge in [-0.1, -0.05) is 12.1 Å². The van der Waals surface area contributed by atoms with Crippen LogP contribution in [0.5, 0.6) is 0 Å². The van der Waals surface area contributed by atoms with Crippen molar-refractivity contribution in [1.29, 1.82) is 0 Å². The summed E-state index contributed by atoms with van der Waals surface area (Å²) in [5.74, 6) is 4.97. The van der Waals surface area contributed by atoms with Gasteiger partial charge in [-0.15, -0.1) is 0 Å². The number of amides is 1. The molecule has 1 heterocycles. The van der Waals surface area contributed by atoms with E-state index in [1.165, 1.54) is 0 Å². The molecule has 0 aliphatic carbocycles. The van der Waals surface area contributed by atoms with E-state index in [0.29, 0.717) is 11.3 Å². The Balaban J connectivity index is 1.78. The molecule has 8 nitrogen and oxygen atoms in total. The van der Waals surface area contributed by atoms with Crippen molar-refractivity contribution in [3.63, 3.8) is 0 Å². The molecule has 8 N–H and O–H groups in total. The average Bonchev–Trinajstić information content (AvgIpc) is 3.03. The van der Waals surface area contributed by atoms with Crippen LogP contribution in [0.3, 0.4) is 0 Å². The molecule has 1 aromatic heterocycles. The molecule has 3 rings (SSSR count). The van der Waals surface area contributed by atoms with Crippen LogP contribution in [0.1, 0.15) is 22.1 Å². The van der Waals surface area contributed by atoms with E-state index >= 15 is 0 Å². The summed E-state index contributed by atoms with van der Waals surface area (Å²) in [6.07, 6.45) is 1.19. The van der Waals surface area contributed by atoms with Gasteiger partial charge in [0.1, 0.15) is 0 Å². The summed E-state index contributed by atoms with van der Waals surface area (Å²) in [5, 5.41) is 10.5. The molecule has 0 bridgehead atoms. The molecule has 0 radical (unpaired) electrons. The van der Waals surface area contributed by atoms with Crippen molar-refractivity contribution in [2.75, 3.05) is 5.32 Å². The molecule has 118 valence electrons. The molecule has 1 amide bonds. The summed E-state index contributed by atoms with van der Waals surface area (Å²) in [6.45, 7) is 0. The number of aromatic amines is 1. The number of nitrogens with two attached hydrogens (primary N) is 2. The summed E-state index contributed by atoms with van der Waals surface area (Å²) < 4.78 is 0. The number of anilines is 1. The molecule has 0 saturated heterocycles. The third kappa shape index (κ3) is 3.35. The Hall–Kier alpha value is -2.78. The maximum absolute atomic E-state index is 12.4. The first-order chi connectivity index (χ1) is 11.2. The maximum atomic E-state index is 12.4. The predicted molar refractivity (Wildman–Crippen MR) is 87.9 cm³/mol. The zero-order valence-electron chi connectivity index (χ0n) is 12.2. The molecule has 1 unspecified atom stereocenters. The van der Waals surface area contributed by atoms with E-state index in [4.69, 9.17) is 11.6 Å². The summed E-state index contributed by atoms with van der Waals surface area (Å²) in [7, 11) is 0. The Morgan fingerprint density at radius 3 is 2.91 bits per heavy atom. The minimum atomic E-state index is -0.487. The summed E-state index contributed by atoms with van der Waals surface area (Å²) >= 11 is 0. The number of hydrogen-bond donors (Lipinski definition) is 6. The molecule has 1 atom stereocenters. The topological polar surface area (TPSA) is 134 Å². The molecule has 8 heteroatoms. The average molecular weight is 311 g/mol. The van der Waals surface area contributed by atoms with Crippen LogP contribution in [0.25, 0.3) is 10.9 Å². The van der Waals surface area contributed by atoms with Crippen molar-refractivity contribution in [2.24, 2.45) is 11.6 Å². The van der Waals surface area contributed by atoms with Gasteiger partial charge in [0.25, 0.3) is 5.91 Å². The highest BCUT2D eigenvalue weighted by molar-refractivity contribution is 6.06. The molecule has 0 spiro atoms. The van der Waals surface area contributed by atoms with Crippen LogP contribution in [-0.2, 0) is 0 Å². The molecular formula is C15H17N7O. The first-order valence-electron chi connectivity index (χ1n) is 6.98. The molecule has 0 aliphatic heterocycles. The Morgan fingerprint density at radius 1 is 1.22 bits per heavy atom. The third-order valence-corrected chi connectivity index (χ3v) is 3.44. The summed E-state index contributed by atoms with van der Waals surface area (Å²) in [5.41, 5.74) is 13.7. The Kier molecular flexibility index (Phi) is 4.31. The lowest BCUT2D eigenvalue weighted by molar-refractivity contribution is 0.102. The van der Waals surface area contributed by atoms with Crippen molar-refractivity contribution in [2.45, 2.75) is 6.17 Å². The summed E-state index contributed by atoms with van der Waals surface area (Å²) in [4.78, 5) is 12.4. The maximum Gasteiger partial charge on any atom is 0.255 e. The number of fused-ring (bicyclic) bond motifs is 1. The second-order valence-electron chi connectivity index (χ2n) is 5.02. The van der Waals surface area contributed by atoms with E-state index < -0.39 is 6.17 Å². The molecule has 2 aromatic carbocycles. The van der Waals surface area contributed by atoms with Gasteiger partial charge in [-0.25, -0.2) is 5.43 Å². The number of hydrogen-bond acceptors (Lipinski definition) is 6. The fourth-order valence-corrected chi connectivity index (χ4v) is 2.27. The lowest BCUT2D eigenvalue weighted by Gasteiger charge is -2.14. The number of H-pyrrole nitrogens is 1. The van der Waals surface area contributed by atoms with E-state index in [1.54, 1.807) is 30.5 Å².